The molecule has 0 unspecified atom stereocenters. The molecule has 0 radical (unpaired) electrons. The van der Waals surface area contributed by atoms with Crippen molar-refractivity contribution in [3.8, 4) is 5.75 Å². The zero-order valence-corrected chi connectivity index (χ0v) is 17.1. The normalized spacial score (nSPS) is 20.4. The second kappa shape index (κ2) is 8.43. The maximum absolute atomic E-state index is 13.0. The first-order valence-corrected chi connectivity index (χ1v) is 10.3. The number of piperazine rings is 1. The fourth-order valence-corrected chi connectivity index (χ4v) is 4.27. The van der Waals surface area contributed by atoms with E-state index in [1.165, 1.54) is 4.90 Å². The van der Waals surface area contributed by atoms with Crippen LogP contribution in [0.25, 0.3) is 0 Å². The zero-order valence-electron chi connectivity index (χ0n) is 16.4. The van der Waals surface area contributed by atoms with Gasteiger partial charge in [-0.3, -0.25) is 14.5 Å². The van der Waals surface area contributed by atoms with Crippen LogP contribution in [0.4, 0.5) is 11.4 Å². The minimum absolute atomic E-state index is 0.148. The molecule has 0 spiro atoms. The van der Waals surface area contributed by atoms with E-state index in [1.54, 1.807) is 24.3 Å². The molecule has 29 heavy (non-hydrogen) atoms. The monoisotopic (exact) mass is 413 g/mol. The minimum atomic E-state index is -0.400. The SMILES string of the molecule is CCOc1ccc(N2C(=O)C[C@H](N3CCN(c4ccccc4Cl)CC3)C2=O)cc1. The molecule has 152 valence electrons. The van der Waals surface area contributed by atoms with Crippen molar-refractivity contribution in [1.82, 2.24) is 4.90 Å². The highest BCUT2D eigenvalue weighted by Crippen LogP contribution is 2.30. The maximum atomic E-state index is 13.0. The van der Waals surface area contributed by atoms with E-state index < -0.39 is 6.04 Å². The van der Waals surface area contributed by atoms with Gasteiger partial charge in [-0.1, -0.05) is 23.7 Å². The molecule has 2 aliphatic heterocycles. The summed E-state index contributed by atoms with van der Waals surface area (Å²) in [6.45, 7) is 5.45. The number of nitrogens with zero attached hydrogens (tertiary/aromatic N) is 3. The number of halogens is 1. The molecule has 0 N–H and O–H groups in total. The van der Waals surface area contributed by atoms with Crippen molar-refractivity contribution >= 4 is 34.8 Å². The Morgan fingerprint density at radius 2 is 1.69 bits per heavy atom. The molecule has 0 aliphatic carbocycles. The molecule has 2 saturated heterocycles. The van der Waals surface area contributed by atoms with E-state index >= 15 is 0 Å². The fourth-order valence-electron chi connectivity index (χ4n) is 4.01. The highest BCUT2D eigenvalue weighted by molar-refractivity contribution is 6.33. The van der Waals surface area contributed by atoms with Gasteiger partial charge in [-0.05, 0) is 43.3 Å². The topological polar surface area (TPSA) is 53.1 Å². The molecule has 0 saturated carbocycles. The van der Waals surface area contributed by atoms with Gasteiger partial charge in [0, 0.05) is 26.2 Å². The summed E-state index contributed by atoms with van der Waals surface area (Å²) in [6.07, 6.45) is 0.220. The first-order chi connectivity index (χ1) is 14.1. The van der Waals surface area contributed by atoms with Gasteiger partial charge in [0.2, 0.25) is 5.91 Å². The van der Waals surface area contributed by atoms with Crippen LogP contribution in [0.15, 0.2) is 48.5 Å². The number of hydrogen-bond donors (Lipinski definition) is 0. The molecule has 1 atom stereocenters. The van der Waals surface area contributed by atoms with E-state index in [0.717, 1.165) is 29.5 Å². The first kappa shape index (κ1) is 19.7. The smallest absolute Gasteiger partial charge is 0.251 e. The van der Waals surface area contributed by atoms with Gasteiger partial charge in [-0.15, -0.1) is 0 Å². The van der Waals surface area contributed by atoms with E-state index in [-0.39, 0.29) is 18.2 Å². The van der Waals surface area contributed by atoms with Gasteiger partial charge in [-0.25, -0.2) is 4.90 Å². The van der Waals surface area contributed by atoms with Crippen molar-refractivity contribution in [2.24, 2.45) is 0 Å². The predicted octanol–water partition coefficient (Wildman–Crippen LogP) is 3.19. The van der Waals surface area contributed by atoms with Crippen LogP contribution in [-0.4, -0.2) is 55.5 Å². The molecule has 2 amide bonds. The lowest BCUT2D eigenvalue weighted by atomic mass is 10.1. The minimum Gasteiger partial charge on any atom is -0.494 e. The summed E-state index contributed by atoms with van der Waals surface area (Å²) in [4.78, 5) is 31.3. The van der Waals surface area contributed by atoms with Crippen LogP contribution in [0.2, 0.25) is 5.02 Å². The van der Waals surface area contributed by atoms with Gasteiger partial charge in [0.25, 0.3) is 5.91 Å². The van der Waals surface area contributed by atoms with Crippen LogP contribution in [0.3, 0.4) is 0 Å². The highest BCUT2D eigenvalue weighted by Gasteiger charge is 2.43. The summed E-state index contributed by atoms with van der Waals surface area (Å²) < 4.78 is 5.44. The Bertz CT molecular complexity index is 894. The Hall–Kier alpha value is -2.57. The molecule has 2 aromatic rings. The Morgan fingerprint density at radius 3 is 2.34 bits per heavy atom. The maximum Gasteiger partial charge on any atom is 0.251 e. The van der Waals surface area contributed by atoms with Crippen molar-refractivity contribution in [2.45, 2.75) is 19.4 Å². The molecular weight excluding hydrogens is 390 g/mol. The number of imide groups is 1. The van der Waals surface area contributed by atoms with Crippen LogP contribution < -0.4 is 14.5 Å². The largest absolute Gasteiger partial charge is 0.494 e. The van der Waals surface area contributed by atoms with Crippen LogP contribution in [0, 0.1) is 0 Å². The summed E-state index contributed by atoms with van der Waals surface area (Å²) in [7, 11) is 0. The number of benzene rings is 2. The fraction of sp³-hybridized carbons (Fsp3) is 0.364. The van der Waals surface area contributed by atoms with Gasteiger partial charge in [0.15, 0.2) is 0 Å². The number of rotatable bonds is 5. The molecule has 2 aromatic carbocycles. The number of carbonyl (C=O) groups is 2. The van der Waals surface area contributed by atoms with Gasteiger partial charge in [-0.2, -0.15) is 0 Å². The molecule has 4 rings (SSSR count). The summed E-state index contributed by atoms with van der Waals surface area (Å²) in [6, 6.07) is 14.5. The summed E-state index contributed by atoms with van der Waals surface area (Å²) in [5, 5.41) is 0.731. The lowest BCUT2D eigenvalue weighted by Crippen LogP contribution is -2.52. The Morgan fingerprint density at radius 1 is 1.00 bits per heavy atom. The third-order valence-corrected chi connectivity index (χ3v) is 5.80. The lowest BCUT2D eigenvalue weighted by Gasteiger charge is -2.38. The Labute approximate surface area is 175 Å². The van der Waals surface area contributed by atoms with E-state index in [0.29, 0.717) is 25.4 Å². The van der Waals surface area contributed by atoms with E-state index in [1.807, 2.05) is 31.2 Å². The lowest BCUT2D eigenvalue weighted by molar-refractivity contribution is -0.123. The van der Waals surface area contributed by atoms with Crippen LogP contribution in [-0.2, 0) is 9.59 Å². The Kier molecular flexibility index (Phi) is 5.74. The Balaban J connectivity index is 1.42. The van der Waals surface area contributed by atoms with Crippen molar-refractivity contribution in [3.63, 3.8) is 0 Å². The zero-order chi connectivity index (χ0) is 20.4. The third kappa shape index (κ3) is 3.95. The number of para-hydroxylation sites is 1. The molecule has 6 nitrogen and oxygen atoms in total. The number of anilines is 2. The predicted molar refractivity (Wildman–Crippen MR) is 114 cm³/mol. The average molecular weight is 414 g/mol. The van der Waals surface area contributed by atoms with Gasteiger partial charge >= 0.3 is 0 Å². The van der Waals surface area contributed by atoms with Crippen molar-refractivity contribution in [2.75, 3.05) is 42.6 Å². The second-order valence-corrected chi connectivity index (χ2v) is 7.60. The number of hydrogen-bond acceptors (Lipinski definition) is 5. The van der Waals surface area contributed by atoms with Gasteiger partial charge in [0.05, 0.1) is 35.5 Å². The van der Waals surface area contributed by atoms with E-state index in [9.17, 15) is 9.59 Å². The molecule has 2 heterocycles. The summed E-state index contributed by atoms with van der Waals surface area (Å²) >= 11 is 6.31. The molecule has 2 aliphatic rings. The average Bonchev–Trinajstić information content (AvgIpc) is 3.03. The number of amides is 2. The molecule has 2 fully saturated rings. The van der Waals surface area contributed by atoms with Crippen molar-refractivity contribution < 1.29 is 14.3 Å². The van der Waals surface area contributed by atoms with Crippen molar-refractivity contribution in [1.29, 1.82) is 0 Å². The number of ether oxygens (including phenoxy) is 1. The molecular formula is C22H24ClN3O3. The standard InChI is InChI=1S/C22H24ClN3O3/c1-2-29-17-9-7-16(8-10-17)26-21(27)15-20(22(26)28)25-13-11-24(12-14-25)19-6-4-3-5-18(19)23/h3-10,20H,2,11-15H2,1H3/t20-/m0/s1. The molecule has 7 heteroatoms. The molecule has 0 aromatic heterocycles. The first-order valence-electron chi connectivity index (χ1n) is 9.91. The van der Waals surface area contributed by atoms with Crippen molar-refractivity contribution in [3.05, 3.63) is 53.6 Å². The van der Waals surface area contributed by atoms with Gasteiger partial charge in [0.1, 0.15) is 5.75 Å². The number of carbonyl (C=O) groups excluding carboxylic acids is 2. The van der Waals surface area contributed by atoms with Crippen LogP contribution in [0.5, 0.6) is 5.75 Å². The highest BCUT2D eigenvalue weighted by atomic mass is 35.5. The van der Waals surface area contributed by atoms with E-state index in [4.69, 9.17) is 16.3 Å². The molecule has 0 bridgehead atoms. The van der Waals surface area contributed by atoms with Gasteiger partial charge < -0.3 is 9.64 Å². The van der Waals surface area contributed by atoms with E-state index in [2.05, 4.69) is 9.80 Å². The summed E-state index contributed by atoms with van der Waals surface area (Å²) in [5.41, 5.74) is 1.61. The summed E-state index contributed by atoms with van der Waals surface area (Å²) in [5.74, 6) is 0.422. The quantitative estimate of drug-likeness (QED) is 0.704. The second-order valence-electron chi connectivity index (χ2n) is 7.19. The third-order valence-electron chi connectivity index (χ3n) is 5.48. The van der Waals surface area contributed by atoms with Crippen LogP contribution in [0.1, 0.15) is 13.3 Å². The van der Waals surface area contributed by atoms with Crippen LogP contribution >= 0.6 is 11.6 Å².